The zero-order valence-electron chi connectivity index (χ0n) is 16.3. The number of ether oxygens (including phenoxy) is 1. The second-order valence-corrected chi connectivity index (χ2v) is 6.69. The zero-order chi connectivity index (χ0) is 18.9. The van der Waals surface area contributed by atoms with Crippen molar-refractivity contribution in [2.45, 2.75) is 40.0 Å². The molecule has 0 heterocycles. The first kappa shape index (κ1) is 19.8. The normalized spacial score (nSPS) is 10.5. The standard InChI is InChI=1S/C22H30N2O2/c1-5-6-13-24(14-12-19-8-7-9-20(16-19)26-4)22(25)23-21-11-10-17(2)15-18(21)3/h7-11,15-16H,5-6,12-14H2,1-4H3,(H,23,25). The van der Waals surface area contributed by atoms with Gasteiger partial charge in [0, 0.05) is 18.8 Å². The van der Waals surface area contributed by atoms with Crippen molar-refractivity contribution in [3.8, 4) is 5.75 Å². The number of anilines is 1. The Morgan fingerprint density at radius 1 is 1.12 bits per heavy atom. The van der Waals surface area contributed by atoms with E-state index in [1.54, 1.807) is 7.11 Å². The second kappa shape index (κ2) is 9.85. The lowest BCUT2D eigenvalue weighted by Gasteiger charge is -2.24. The molecular formula is C22H30N2O2. The molecule has 0 saturated heterocycles. The minimum absolute atomic E-state index is 0.0340. The Labute approximate surface area is 157 Å². The Hall–Kier alpha value is -2.49. The summed E-state index contributed by atoms with van der Waals surface area (Å²) in [5, 5.41) is 3.07. The summed E-state index contributed by atoms with van der Waals surface area (Å²) >= 11 is 0. The molecule has 0 aliphatic rings. The Morgan fingerprint density at radius 2 is 1.92 bits per heavy atom. The Balaban J connectivity index is 2.03. The lowest BCUT2D eigenvalue weighted by molar-refractivity contribution is 0.211. The lowest BCUT2D eigenvalue weighted by atomic mass is 10.1. The van der Waals surface area contributed by atoms with Crippen LogP contribution in [0.1, 0.15) is 36.5 Å². The number of amides is 2. The van der Waals surface area contributed by atoms with Crippen molar-refractivity contribution in [2.75, 3.05) is 25.5 Å². The molecule has 2 aromatic rings. The number of nitrogens with zero attached hydrogens (tertiary/aromatic N) is 1. The van der Waals surface area contributed by atoms with Gasteiger partial charge in [0.05, 0.1) is 7.11 Å². The van der Waals surface area contributed by atoms with E-state index in [1.165, 1.54) is 11.1 Å². The average molecular weight is 354 g/mol. The number of carbonyl (C=O) groups is 1. The Morgan fingerprint density at radius 3 is 2.62 bits per heavy atom. The predicted octanol–water partition coefficient (Wildman–Crippen LogP) is 5.19. The van der Waals surface area contributed by atoms with Gasteiger partial charge in [0.2, 0.25) is 0 Å². The smallest absolute Gasteiger partial charge is 0.321 e. The van der Waals surface area contributed by atoms with Crippen LogP contribution < -0.4 is 10.1 Å². The van der Waals surface area contributed by atoms with Gasteiger partial charge < -0.3 is 15.0 Å². The number of unbranched alkanes of at least 4 members (excludes halogenated alkanes) is 1. The maximum absolute atomic E-state index is 12.8. The third kappa shape index (κ3) is 5.80. The summed E-state index contributed by atoms with van der Waals surface area (Å²) in [6.07, 6.45) is 2.87. The molecule has 2 amide bonds. The average Bonchev–Trinajstić information content (AvgIpc) is 2.64. The first-order valence-corrected chi connectivity index (χ1v) is 9.29. The van der Waals surface area contributed by atoms with Crippen LogP contribution >= 0.6 is 0 Å². The largest absolute Gasteiger partial charge is 0.497 e. The van der Waals surface area contributed by atoms with Gasteiger partial charge in [-0.2, -0.15) is 0 Å². The summed E-state index contributed by atoms with van der Waals surface area (Å²) < 4.78 is 5.28. The Kier molecular flexibility index (Phi) is 7.52. The van der Waals surface area contributed by atoms with Gasteiger partial charge in [0.15, 0.2) is 0 Å². The number of carbonyl (C=O) groups excluding carboxylic acids is 1. The molecule has 0 bridgehead atoms. The highest BCUT2D eigenvalue weighted by molar-refractivity contribution is 5.90. The van der Waals surface area contributed by atoms with E-state index in [4.69, 9.17) is 4.74 Å². The summed E-state index contributed by atoms with van der Waals surface area (Å²) in [6, 6.07) is 14.1. The van der Waals surface area contributed by atoms with Crippen molar-refractivity contribution in [3.63, 3.8) is 0 Å². The van der Waals surface area contributed by atoms with Gasteiger partial charge in [0.25, 0.3) is 0 Å². The molecule has 2 rings (SSSR count). The van der Waals surface area contributed by atoms with Crippen molar-refractivity contribution >= 4 is 11.7 Å². The second-order valence-electron chi connectivity index (χ2n) is 6.69. The molecule has 1 N–H and O–H groups in total. The van der Waals surface area contributed by atoms with Gasteiger partial charge in [-0.25, -0.2) is 4.79 Å². The number of rotatable bonds is 8. The summed E-state index contributed by atoms with van der Waals surface area (Å²) in [5.74, 6) is 0.849. The van der Waals surface area contributed by atoms with Gasteiger partial charge >= 0.3 is 6.03 Å². The SMILES string of the molecule is CCCCN(CCc1cccc(OC)c1)C(=O)Nc1ccc(C)cc1C. The van der Waals surface area contributed by atoms with Gasteiger partial charge in [0.1, 0.15) is 5.75 Å². The molecule has 0 aromatic heterocycles. The van der Waals surface area contributed by atoms with Crippen molar-refractivity contribution in [1.82, 2.24) is 4.90 Å². The molecule has 2 aromatic carbocycles. The van der Waals surface area contributed by atoms with Gasteiger partial charge in [-0.05, 0) is 56.0 Å². The number of hydrogen-bond acceptors (Lipinski definition) is 2. The predicted molar refractivity (Wildman–Crippen MR) is 108 cm³/mol. The van der Waals surface area contributed by atoms with Gasteiger partial charge in [-0.3, -0.25) is 0 Å². The van der Waals surface area contributed by atoms with E-state index in [9.17, 15) is 4.79 Å². The third-order valence-corrected chi connectivity index (χ3v) is 4.50. The quantitative estimate of drug-likeness (QED) is 0.709. The highest BCUT2D eigenvalue weighted by atomic mass is 16.5. The first-order valence-electron chi connectivity index (χ1n) is 9.29. The third-order valence-electron chi connectivity index (χ3n) is 4.50. The van der Waals surface area contributed by atoms with Crippen molar-refractivity contribution in [1.29, 1.82) is 0 Å². The van der Waals surface area contributed by atoms with Crippen LogP contribution in [0.25, 0.3) is 0 Å². The van der Waals surface area contributed by atoms with Crippen LogP contribution in [0.5, 0.6) is 5.75 Å². The molecule has 4 heteroatoms. The lowest BCUT2D eigenvalue weighted by Crippen LogP contribution is -2.37. The van der Waals surface area contributed by atoms with Crippen LogP contribution in [0.2, 0.25) is 0 Å². The van der Waals surface area contributed by atoms with Crippen LogP contribution in [-0.4, -0.2) is 31.1 Å². The van der Waals surface area contributed by atoms with E-state index in [0.717, 1.165) is 42.8 Å². The minimum atomic E-state index is -0.0340. The highest BCUT2D eigenvalue weighted by Crippen LogP contribution is 2.17. The van der Waals surface area contributed by atoms with Crippen molar-refractivity contribution < 1.29 is 9.53 Å². The molecule has 0 unspecified atom stereocenters. The number of methoxy groups -OCH3 is 1. The number of hydrogen-bond donors (Lipinski definition) is 1. The van der Waals surface area contributed by atoms with E-state index in [2.05, 4.69) is 31.3 Å². The van der Waals surface area contributed by atoms with E-state index in [0.29, 0.717) is 6.54 Å². The fraction of sp³-hybridized carbons (Fsp3) is 0.409. The maximum Gasteiger partial charge on any atom is 0.321 e. The molecule has 0 radical (unpaired) electrons. The zero-order valence-corrected chi connectivity index (χ0v) is 16.3. The monoisotopic (exact) mass is 354 g/mol. The molecule has 0 aliphatic carbocycles. The molecule has 0 atom stereocenters. The maximum atomic E-state index is 12.8. The number of benzene rings is 2. The van der Waals surface area contributed by atoms with Crippen LogP contribution in [0.4, 0.5) is 10.5 Å². The van der Waals surface area contributed by atoms with Crippen LogP contribution in [-0.2, 0) is 6.42 Å². The van der Waals surface area contributed by atoms with Crippen LogP contribution in [0, 0.1) is 13.8 Å². The molecule has 0 aliphatic heterocycles. The summed E-state index contributed by atoms with van der Waals surface area (Å²) in [7, 11) is 1.67. The minimum Gasteiger partial charge on any atom is -0.497 e. The fourth-order valence-corrected chi connectivity index (χ4v) is 2.90. The summed E-state index contributed by atoms with van der Waals surface area (Å²) in [6.45, 7) is 7.67. The van der Waals surface area contributed by atoms with E-state index in [1.807, 2.05) is 42.2 Å². The van der Waals surface area contributed by atoms with Gasteiger partial charge in [-0.1, -0.05) is 43.2 Å². The van der Waals surface area contributed by atoms with Crippen molar-refractivity contribution in [3.05, 3.63) is 59.2 Å². The molecule has 4 nitrogen and oxygen atoms in total. The van der Waals surface area contributed by atoms with Crippen molar-refractivity contribution in [2.24, 2.45) is 0 Å². The van der Waals surface area contributed by atoms with Crippen LogP contribution in [0.3, 0.4) is 0 Å². The topological polar surface area (TPSA) is 41.6 Å². The molecule has 140 valence electrons. The number of urea groups is 1. The van der Waals surface area contributed by atoms with Gasteiger partial charge in [-0.15, -0.1) is 0 Å². The van der Waals surface area contributed by atoms with Crippen LogP contribution in [0.15, 0.2) is 42.5 Å². The molecule has 0 saturated carbocycles. The van der Waals surface area contributed by atoms with E-state index < -0.39 is 0 Å². The molecule has 0 spiro atoms. The van der Waals surface area contributed by atoms with E-state index >= 15 is 0 Å². The fourth-order valence-electron chi connectivity index (χ4n) is 2.90. The molecular weight excluding hydrogens is 324 g/mol. The summed E-state index contributed by atoms with van der Waals surface area (Å²) in [5.41, 5.74) is 4.33. The highest BCUT2D eigenvalue weighted by Gasteiger charge is 2.14. The first-order chi connectivity index (χ1) is 12.5. The number of aryl methyl sites for hydroxylation is 2. The molecule has 26 heavy (non-hydrogen) atoms. The summed E-state index contributed by atoms with van der Waals surface area (Å²) in [4.78, 5) is 14.7. The van der Waals surface area contributed by atoms with E-state index in [-0.39, 0.29) is 6.03 Å². The Bertz CT molecular complexity index is 728. The molecule has 0 fully saturated rings. The number of nitrogens with one attached hydrogen (secondary N) is 1.